The van der Waals surface area contributed by atoms with Gasteiger partial charge in [-0.3, -0.25) is 4.90 Å². The van der Waals surface area contributed by atoms with Crippen LogP contribution in [0.5, 0.6) is 0 Å². The Bertz CT molecular complexity index is 211. The van der Waals surface area contributed by atoms with E-state index in [1.807, 2.05) is 0 Å². The summed E-state index contributed by atoms with van der Waals surface area (Å²) in [5, 5.41) is 3.67. The molecule has 1 aliphatic carbocycles. The first-order valence-electron chi connectivity index (χ1n) is 8.05. The lowest BCUT2D eigenvalue weighted by Gasteiger charge is -2.36. The molecule has 1 aliphatic rings. The molecule has 0 aliphatic heterocycles. The van der Waals surface area contributed by atoms with E-state index in [0.717, 1.165) is 12.0 Å². The number of hydrogen-bond donors (Lipinski definition) is 1. The first-order valence-corrected chi connectivity index (χ1v) is 8.05. The SMILES string of the molecule is CCCCCN(C(C)C)C(C)C(C)CNC1CC1. The third-order valence-electron chi connectivity index (χ3n) is 4.34. The van der Waals surface area contributed by atoms with Crippen molar-refractivity contribution in [3.05, 3.63) is 0 Å². The van der Waals surface area contributed by atoms with E-state index >= 15 is 0 Å². The molecule has 0 radical (unpaired) electrons. The molecule has 1 fully saturated rings. The molecule has 0 heterocycles. The summed E-state index contributed by atoms with van der Waals surface area (Å²) < 4.78 is 0. The van der Waals surface area contributed by atoms with Gasteiger partial charge >= 0.3 is 0 Å². The van der Waals surface area contributed by atoms with Crippen molar-refractivity contribution < 1.29 is 0 Å². The fourth-order valence-electron chi connectivity index (χ4n) is 2.61. The fraction of sp³-hybridized carbons (Fsp3) is 1.00. The third-order valence-corrected chi connectivity index (χ3v) is 4.34. The van der Waals surface area contributed by atoms with Gasteiger partial charge in [-0.05, 0) is 59.0 Å². The van der Waals surface area contributed by atoms with Gasteiger partial charge in [0.2, 0.25) is 0 Å². The summed E-state index contributed by atoms with van der Waals surface area (Å²) in [4.78, 5) is 2.69. The molecule has 0 saturated heterocycles. The third kappa shape index (κ3) is 5.71. The molecular formula is C16H34N2. The van der Waals surface area contributed by atoms with Gasteiger partial charge in [0.1, 0.15) is 0 Å². The van der Waals surface area contributed by atoms with Gasteiger partial charge in [0.25, 0.3) is 0 Å². The highest BCUT2D eigenvalue weighted by Crippen LogP contribution is 2.20. The van der Waals surface area contributed by atoms with Crippen molar-refractivity contribution in [3.63, 3.8) is 0 Å². The van der Waals surface area contributed by atoms with Crippen LogP contribution in [0.3, 0.4) is 0 Å². The topological polar surface area (TPSA) is 15.3 Å². The molecule has 0 amide bonds. The summed E-state index contributed by atoms with van der Waals surface area (Å²) >= 11 is 0. The largest absolute Gasteiger partial charge is 0.314 e. The molecule has 0 spiro atoms. The molecule has 2 atom stereocenters. The number of nitrogens with zero attached hydrogens (tertiary/aromatic N) is 1. The minimum Gasteiger partial charge on any atom is -0.314 e. The van der Waals surface area contributed by atoms with Crippen LogP contribution in [0.4, 0.5) is 0 Å². The molecule has 2 unspecified atom stereocenters. The molecule has 0 bridgehead atoms. The van der Waals surface area contributed by atoms with Crippen LogP contribution in [0, 0.1) is 5.92 Å². The van der Waals surface area contributed by atoms with E-state index in [4.69, 9.17) is 0 Å². The number of hydrogen-bond acceptors (Lipinski definition) is 2. The van der Waals surface area contributed by atoms with E-state index in [1.54, 1.807) is 0 Å². The number of nitrogens with one attached hydrogen (secondary N) is 1. The maximum absolute atomic E-state index is 3.67. The molecule has 1 N–H and O–H groups in total. The van der Waals surface area contributed by atoms with Gasteiger partial charge in [0.05, 0.1) is 0 Å². The van der Waals surface area contributed by atoms with Crippen LogP contribution >= 0.6 is 0 Å². The van der Waals surface area contributed by atoms with Gasteiger partial charge in [-0.15, -0.1) is 0 Å². The Hall–Kier alpha value is -0.0800. The number of rotatable bonds is 10. The zero-order chi connectivity index (χ0) is 13.5. The Balaban J connectivity index is 2.32. The maximum Gasteiger partial charge on any atom is 0.0107 e. The van der Waals surface area contributed by atoms with Crippen LogP contribution in [-0.2, 0) is 0 Å². The van der Waals surface area contributed by atoms with Gasteiger partial charge in [0.15, 0.2) is 0 Å². The lowest BCUT2D eigenvalue weighted by molar-refractivity contribution is 0.120. The van der Waals surface area contributed by atoms with E-state index in [-0.39, 0.29) is 0 Å². The van der Waals surface area contributed by atoms with Crippen LogP contribution in [0.1, 0.15) is 66.7 Å². The number of unbranched alkanes of at least 4 members (excludes halogenated alkanes) is 2. The summed E-state index contributed by atoms with van der Waals surface area (Å²) in [6.45, 7) is 14.2. The van der Waals surface area contributed by atoms with Crippen LogP contribution in [0.2, 0.25) is 0 Å². The van der Waals surface area contributed by atoms with E-state index in [9.17, 15) is 0 Å². The smallest absolute Gasteiger partial charge is 0.0107 e. The lowest BCUT2D eigenvalue weighted by Crippen LogP contribution is -2.45. The molecule has 108 valence electrons. The monoisotopic (exact) mass is 254 g/mol. The van der Waals surface area contributed by atoms with Gasteiger partial charge < -0.3 is 5.32 Å². The lowest BCUT2D eigenvalue weighted by atomic mass is 10.00. The second kappa shape index (κ2) is 8.16. The molecule has 1 rings (SSSR count). The summed E-state index contributed by atoms with van der Waals surface area (Å²) in [5.41, 5.74) is 0. The Morgan fingerprint density at radius 2 is 1.78 bits per heavy atom. The average molecular weight is 254 g/mol. The highest BCUT2D eigenvalue weighted by atomic mass is 15.2. The summed E-state index contributed by atoms with van der Waals surface area (Å²) in [5.74, 6) is 0.745. The van der Waals surface area contributed by atoms with Gasteiger partial charge in [-0.2, -0.15) is 0 Å². The van der Waals surface area contributed by atoms with Crippen molar-refractivity contribution in [2.75, 3.05) is 13.1 Å². The fourth-order valence-corrected chi connectivity index (χ4v) is 2.61. The van der Waals surface area contributed by atoms with Crippen LogP contribution < -0.4 is 5.32 Å². The normalized spacial score (nSPS) is 19.5. The van der Waals surface area contributed by atoms with Crippen molar-refractivity contribution in [1.82, 2.24) is 10.2 Å². The van der Waals surface area contributed by atoms with Crippen LogP contribution in [-0.4, -0.2) is 36.1 Å². The van der Waals surface area contributed by atoms with Crippen molar-refractivity contribution >= 4 is 0 Å². The zero-order valence-corrected chi connectivity index (χ0v) is 13.2. The predicted octanol–water partition coefficient (Wildman–Crippen LogP) is 3.66. The molecule has 0 aromatic carbocycles. The van der Waals surface area contributed by atoms with Gasteiger partial charge in [0, 0.05) is 18.1 Å². The summed E-state index contributed by atoms with van der Waals surface area (Å²) in [6, 6.07) is 2.19. The quantitative estimate of drug-likeness (QED) is 0.599. The highest BCUT2D eigenvalue weighted by Gasteiger charge is 2.25. The van der Waals surface area contributed by atoms with E-state index in [2.05, 4.69) is 44.8 Å². The molecule has 0 aromatic rings. The van der Waals surface area contributed by atoms with Crippen molar-refractivity contribution in [2.24, 2.45) is 5.92 Å². The summed E-state index contributed by atoms with van der Waals surface area (Å²) in [7, 11) is 0. The Kier molecular flexibility index (Phi) is 7.25. The van der Waals surface area contributed by atoms with Crippen LogP contribution in [0.15, 0.2) is 0 Å². The second-order valence-corrected chi connectivity index (χ2v) is 6.44. The molecular weight excluding hydrogens is 220 g/mol. The van der Waals surface area contributed by atoms with E-state index in [1.165, 1.54) is 45.2 Å². The Morgan fingerprint density at radius 1 is 1.11 bits per heavy atom. The Morgan fingerprint density at radius 3 is 2.28 bits per heavy atom. The average Bonchev–Trinajstić information content (AvgIpc) is 3.14. The minimum absolute atomic E-state index is 0.667. The van der Waals surface area contributed by atoms with E-state index in [0.29, 0.717) is 12.1 Å². The minimum atomic E-state index is 0.667. The summed E-state index contributed by atoms with van der Waals surface area (Å²) in [6.07, 6.45) is 6.82. The molecule has 1 saturated carbocycles. The van der Waals surface area contributed by atoms with Crippen molar-refractivity contribution in [3.8, 4) is 0 Å². The standard InChI is InChI=1S/C16H34N2/c1-6-7-8-11-18(13(2)3)15(5)14(4)12-17-16-9-10-16/h13-17H,6-12H2,1-5H3. The molecule has 0 aromatic heterocycles. The second-order valence-electron chi connectivity index (χ2n) is 6.44. The zero-order valence-electron chi connectivity index (χ0n) is 13.2. The predicted molar refractivity (Wildman–Crippen MR) is 81.0 cm³/mol. The Labute approximate surface area is 115 Å². The van der Waals surface area contributed by atoms with Gasteiger partial charge in [-0.1, -0.05) is 26.7 Å². The van der Waals surface area contributed by atoms with E-state index < -0.39 is 0 Å². The first-order chi connectivity index (χ1) is 8.56. The van der Waals surface area contributed by atoms with Crippen molar-refractivity contribution in [1.29, 1.82) is 0 Å². The van der Waals surface area contributed by atoms with Gasteiger partial charge in [-0.25, -0.2) is 0 Å². The first kappa shape index (κ1) is 16.0. The highest BCUT2D eigenvalue weighted by molar-refractivity contribution is 4.84. The van der Waals surface area contributed by atoms with Crippen molar-refractivity contribution in [2.45, 2.75) is 84.8 Å². The maximum atomic E-state index is 3.67. The molecule has 2 nitrogen and oxygen atoms in total. The molecule has 2 heteroatoms. The molecule has 18 heavy (non-hydrogen) atoms. The van der Waals surface area contributed by atoms with Crippen LogP contribution in [0.25, 0.3) is 0 Å².